The van der Waals surface area contributed by atoms with Gasteiger partial charge >= 0.3 is 0 Å². The number of rotatable bonds is 5. The normalized spacial score (nSPS) is 10.5. The summed E-state index contributed by atoms with van der Waals surface area (Å²) in [5.41, 5.74) is 3.00. The highest BCUT2D eigenvalue weighted by atomic mass is 35.5. The number of anilines is 3. The molecule has 0 radical (unpaired) electrons. The van der Waals surface area contributed by atoms with Crippen molar-refractivity contribution in [2.24, 2.45) is 0 Å². The topological polar surface area (TPSA) is 49.8 Å². The smallest absolute Gasteiger partial charge is 0.224 e. The number of nitrogens with zero attached hydrogens (tertiary/aromatic N) is 2. The minimum Gasteiger partial charge on any atom is -0.350 e. The minimum absolute atomic E-state index is 0.534. The summed E-state index contributed by atoms with van der Waals surface area (Å²) < 4.78 is 0. The van der Waals surface area contributed by atoms with Crippen molar-refractivity contribution >= 4 is 40.7 Å². The highest BCUT2D eigenvalue weighted by Gasteiger charge is 2.04. The van der Waals surface area contributed by atoms with E-state index in [4.69, 9.17) is 23.2 Å². The Labute approximate surface area is 150 Å². The first-order valence-electron chi connectivity index (χ1n) is 7.45. The van der Waals surface area contributed by atoms with Crippen molar-refractivity contribution in [3.8, 4) is 0 Å². The second-order valence-corrected chi connectivity index (χ2v) is 6.14. The number of aryl methyl sites for hydroxylation is 1. The molecule has 0 amide bonds. The molecular formula is C18H16Cl2N4. The SMILES string of the molecule is Cc1cc(Cl)ccc1Nc1ccnc(NCc2ccccc2Cl)n1. The van der Waals surface area contributed by atoms with Crippen LogP contribution in [0.5, 0.6) is 0 Å². The van der Waals surface area contributed by atoms with Gasteiger partial charge < -0.3 is 10.6 Å². The van der Waals surface area contributed by atoms with Crippen molar-refractivity contribution < 1.29 is 0 Å². The second-order valence-electron chi connectivity index (χ2n) is 5.29. The molecule has 4 nitrogen and oxygen atoms in total. The van der Waals surface area contributed by atoms with Gasteiger partial charge in [-0.15, -0.1) is 0 Å². The Kier molecular flexibility index (Phi) is 5.18. The van der Waals surface area contributed by atoms with E-state index >= 15 is 0 Å². The molecule has 122 valence electrons. The Morgan fingerprint density at radius 1 is 1.04 bits per heavy atom. The van der Waals surface area contributed by atoms with Gasteiger partial charge in [0.25, 0.3) is 0 Å². The van der Waals surface area contributed by atoms with Gasteiger partial charge in [-0.05, 0) is 48.4 Å². The zero-order valence-corrected chi connectivity index (χ0v) is 14.6. The molecule has 0 atom stereocenters. The van der Waals surface area contributed by atoms with E-state index < -0.39 is 0 Å². The van der Waals surface area contributed by atoms with E-state index in [1.165, 1.54) is 0 Å². The molecule has 0 unspecified atom stereocenters. The van der Waals surface area contributed by atoms with Crippen LogP contribution in [0.1, 0.15) is 11.1 Å². The standard InChI is InChI=1S/C18H16Cl2N4/c1-12-10-14(19)6-7-16(12)23-17-8-9-21-18(24-17)22-11-13-4-2-3-5-15(13)20/h2-10H,11H2,1H3,(H2,21,22,23,24). The quantitative estimate of drug-likeness (QED) is 0.636. The molecule has 1 heterocycles. The molecule has 0 saturated carbocycles. The van der Waals surface area contributed by atoms with E-state index in [1.54, 1.807) is 6.20 Å². The Balaban J connectivity index is 1.71. The van der Waals surface area contributed by atoms with Crippen LogP contribution in [0.15, 0.2) is 54.7 Å². The van der Waals surface area contributed by atoms with Crippen molar-refractivity contribution in [3.63, 3.8) is 0 Å². The van der Waals surface area contributed by atoms with Crippen LogP contribution in [0, 0.1) is 6.92 Å². The van der Waals surface area contributed by atoms with E-state index in [9.17, 15) is 0 Å². The summed E-state index contributed by atoms with van der Waals surface area (Å²) in [5.74, 6) is 1.24. The van der Waals surface area contributed by atoms with Gasteiger partial charge in [0.2, 0.25) is 5.95 Å². The van der Waals surface area contributed by atoms with Crippen LogP contribution in [-0.4, -0.2) is 9.97 Å². The number of aromatic nitrogens is 2. The molecule has 2 aromatic carbocycles. The maximum atomic E-state index is 6.16. The number of hydrogen-bond donors (Lipinski definition) is 2. The van der Waals surface area contributed by atoms with Crippen LogP contribution in [0.25, 0.3) is 0 Å². The molecule has 0 aliphatic carbocycles. The van der Waals surface area contributed by atoms with Crippen LogP contribution in [0.4, 0.5) is 17.5 Å². The zero-order valence-electron chi connectivity index (χ0n) is 13.1. The summed E-state index contributed by atoms with van der Waals surface area (Å²) in [6.07, 6.45) is 1.70. The highest BCUT2D eigenvalue weighted by Crippen LogP contribution is 2.23. The van der Waals surface area contributed by atoms with Crippen molar-refractivity contribution in [3.05, 3.63) is 75.9 Å². The maximum absolute atomic E-state index is 6.16. The fraction of sp³-hybridized carbons (Fsp3) is 0.111. The number of nitrogens with one attached hydrogen (secondary N) is 2. The highest BCUT2D eigenvalue weighted by molar-refractivity contribution is 6.31. The molecule has 0 spiro atoms. The molecule has 0 bridgehead atoms. The van der Waals surface area contributed by atoms with Crippen LogP contribution < -0.4 is 10.6 Å². The third kappa shape index (κ3) is 4.16. The van der Waals surface area contributed by atoms with Gasteiger partial charge in [-0.3, -0.25) is 0 Å². The van der Waals surface area contributed by atoms with Crippen LogP contribution in [0.2, 0.25) is 10.0 Å². The lowest BCUT2D eigenvalue weighted by atomic mass is 10.2. The third-order valence-electron chi connectivity index (χ3n) is 3.50. The Bertz CT molecular complexity index is 852. The van der Waals surface area contributed by atoms with Gasteiger partial charge in [0.05, 0.1) is 0 Å². The van der Waals surface area contributed by atoms with Crippen molar-refractivity contribution in [2.75, 3.05) is 10.6 Å². The van der Waals surface area contributed by atoms with Gasteiger partial charge in [0, 0.05) is 28.5 Å². The van der Waals surface area contributed by atoms with Crippen LogP contribution >= 0.6 is 23.2 Å². The summed E-state index contributed by atoms with van der Waals surface area (Å²) in [7, 11) is 0. The summed E-state index contributed by atoms with van der Waals surface area (Å²) in [6.45, 7) is 2.55. The molecule has 3 rings (SSSR count). The van der Waals surface area contributed by atoms with Crippen molar-refractivity contribution in [1.29, 1.82) is 0 Å². The lowest BCUT2D eigenvalue weighted by Gasteiger charge is -2.11. The number of halogens is 2. The Morgan fingerprint density at radius 3 is 2.67 bits per heavy atom. The minimum atomic E-state index is 0.534. The van der Waals surface area contributed by atoms with Crippen molar-refractivity contribution in [1.82, 2.24) is 9.97 Å². The summed E-state index contributed by atoms with van der Waals surface area (Å²) >= 11 is 12.1. The molecule has 3 aromatic rings. The Morgan fingerprint density at radius 2 is 1.88 bits per heavy atom. The molecule has 0 aliphatic rings. The summed E-state index contributed by atoms with van der Waals surface area (Å²) in [4.78, 5) is 8.70. The molecule has 0 saturated heterocycles. The third-order valence-corrected chi connectivity index (χ3v) is 4.11. The van der Waals surface area contributed by atoms with Crippen LogP contribution in [-0.2, 0) is 6.54 Å². The molecule has 0 aliphatic heterocycles. The number of benzene rings is 2. The van der Waals surface area contributed by atoms with E-state index in [0.29, 0.717) is 23.3 Å². The summed E-state index contributed by atoms with van der Waals surface area (Å²) in [5, 5.41) is 7.89. The van der Waals surface area contributed by atoms with Gasteiger partial charge in [-0.1, -0.05) is 41.4 Å². The number of hydrogen-bond acceptors (Lipinski definition) is 4. The zero-order chi connectivity index (χ0) is 16.9. The maximum Gasteiger partial charge on any atom is 0.224 e. The molecule has 1 aromatic heterocycles. The van der Waals surface area contributed by atoms with Crippen LogP contribution in [0.3, 0.4) is 0 Å². The molecule has 0 fully saturated rings. The van der Waals surface area contributed by atoms with E-state index in [-0.39, 0.29) is 0 Å². The Hall–Kier alpha value is -2.30. The van der Waals surface area contributed by atoms with Gasteiger partial charge in [0.1, 0.15) is 5.82 Å². The first kappa shape index (κ1) is 16.6. The van der Waals surface area contributed by atoms with Crippen molar-refractivity contribution in [2.45, 2.75) is 13.5 Å². The fourth-order valence-corrected chi connectivity index (χ4v) is 2.66. The van der Waals surface area contributed by atoms with Gasteiger partial charge in [0.15, 0.2) is 0 Å². The largest absolute Gasteiger partial charge is 0.350 e. The first-order chi connectivity index (χ1) is 11.6. The predicted molar refractivity (Wildman–Crippen MR) is 100 cm³/mol. The van der Waals surface area contributed by atoms with E-state index in [1.807, 2.05) is 55.5 Å². The lowest BCUT2D eigenvalue weighted by molar-refractivity contribution is 1.06. The molecular weight excluding hydrogens is 343 g/mol. The van der Waals surface area contributed by atoms with Gasteiger partial charge in [-0.25, -0.2) is 4.98 Å². The van der Waals surface area contributed by atoms with E-state index in [2.05, 4.69) is 20.6 Å². The fourth-order valence-electron chi connectivity index (χ4n) is 2.23. The average molecular weight is 359 g/mol. The molecule has 2 N–H and O–H groups in total. The molecule has 24 heavy (non-hydrogen) atoms. The lowest BCUT2D eigenvalue weighted by Crippen LogP contribution is -2.05. The molecule has 6 heteroatoms. The predicted octanol–water partition coefficient (Wildman–Crippen LogP) is 5.45. The van der Waals surface area contributed by atoms with E-state index in [0.717, 1.165) is 21.8 Å². The monoisotopic (exact) mass is 358 g/mol. The average Bonchev–Trinajstić information content (AvgIpc) is 2.57. The first-order valence-corrected chi connectivity index (χ1v) is 8.21. The van der Waals surface area contributed by atoms with Gasteiger partial charge in [-0.2, -0.15) is 4.98 Å². The summed E-state index contributed by atoms with van der Waals surface area (Å²) in [6, 6.07) is 15.2. The second kappa shape index (κ2) is 7.51.